The monoisotopic (exact) mass is 674 g/mol. The van der Waals surface area contributed by atoms with E-state index in [1.807, 2.05) is 25.1 Å². The molecule has 1 aliphatic rings. The Morgan fingerprint density at radius 3 is 2.23 bits per heavy atom. The van der Waals surface area contributed by atoms with Gasteiger partial charge < -0.3 is 19.3 Å². The van der Waals surface area contributed by atoms with Gasteiger partial charge in [-0.25, -0.2) is 4.79 Å². The lowest BCUT2D eigenvalue weighted by Crippen LogP contribution is -2.43. The summed E-state index contributed by atoms with van der Waals surface area (Å²) in [5.41, 5.74) is 2.13. The Balaban J connectivity index is 1.69. The van der Waals surface area contributed by atoms with Crippen molar-refractivity contribution in [3.63, 3.8) is 0 Å². The van der Waals surface area contributed by atoms with Gasteiger partial charge in [0.25, 0.3) is 11.8 Å². The zero-order valence-corrected chi connectivity index (χ0v) is 24.1. The highest BCUT2D eigenvalue weighted by Gasteiger charge is 2.43. The Morgan fingerprint density at radius 2 is 1.62 bits per heavy atom. The van der Waals surface area contributed by atoms with Gasteiger partial charge in [-0.2, -0.15) is 0 Å². The molecule has 0 saturated heterocycles. The van der Waals surface area contributed by atoms with Crippen LogP contribution in [-0.2, 0) is 11.3 Å². The van der Waals surface area contributed by atoms with Gasteiger partial charge in [-0.05, 0) is 95.2 Å². The minimum Gasteiger partial charge on any atom is -0.475 e. The molecule has 198 valence electrons. The highest BCUT2D eigenvalue weighted by molar-refractivity contribution is 14.1. The molecule has 2 unspecified atom stereocenters. The highest BCUT2D eigenvalue weighted by atomic mass is 127. The van der Waals surface area contributed by atoms with Crippen LogP contribution in [0.3, 0.4) is 0 Å². The number of hydrogen-bond donors (Lipinski definition) is 1. The predicted octanol–water partition coefficient (Wildman–Crippen LogP) is 7.38. The first kappa shape index (κ1) is 27.2. The van der Waals surface area contributed by atoms with Gasteiger partial charge in [0.2, 0.25) is 5.76 Å². The molecule has 5 rings (SSSR count). The summed E-state index contributed by atoms with van der Waals surface area (Å²) in [5, 5.41) is 10.4. The lowest BCUT2D eigenvalue weighted by molar-refractivity contribution is -0.124. The van der Waals surface area contributed by atoms with Crippen molar-refractivity contribution in [1.29, 1.82) is 0 Å². The summed E-state index contributed by atoms with van der Waals surface area (Å²) in [5.74, 6) is -1.88. The lowest BCUT2D eigenvalue weighted by Gasteiger charge is -2.36. The van der Waals surface area contributed by atoms with E-state index in [4.69, 9.17) is 27.6 Å². The number of benzene rings is 3. The van der Waals surface area contributed by atoms with Gasteiger partial charge in [-0.3, -0.25) is 9.59 Å². The second-order valence-corrected chi connectivity index (χ2v) is 11.2. The van der Waals surface area contributed by atoms with E-state index in [-0.39, 0.29) is 29.9 Å². The normalized spacial score (nSPS) is 16.2. The van der Waals surface area contributed by atoms with E-state index in [2.05, 4.69) is 22.6 Å². The summed E-state index contributed by atoms with van der Waals surface area (Å²) in [6, 6.07) is 20.6. The number of fused-ring (bicyclic) bond motifs is 1. The van der Waals surface area contributed by atoms with E-state index in [0.29, 0.717) is 26.9 Å². The molecule has 2 heterocycles. The fourth-order valence-corrected chi connectivity index (χ4v) is 5.45. The van der Waals surface area contributed by atoms with Crippen molar-refractivity contribution < 1.29 is 23.9 Å². The number of anilines is 1. The molecule has 0 fully saturated rings. The third-order valence-corrected chi connectivity index (χ3v) is 7.81. The molecule has 0 saturated carbocycles. The van der Waals surface area contributed by atoms with Crippen LogP contribution in [0.2, 0.25) is 10.0 Å². The molecule has 39 heavy (non-hydrogen) atoms. The second-order valence-electron chi connectivity index (χ2n) is 9.05. The van der Waals surface area contributed by atoms with Gasteiger partial charge in [0.15, 0.2) is 0 Å². The van der Waals surface area contributed by atoms with E-state index in [0.717, 1.165) is 9.13 Å². The molecule has 10 heteroatoms. The predicted molar refractivity (Wildman–Crippen MR) is 156 cm³/mol. The SMILES string of the molecule is CC(c1ccc(Cl)cc1)N1C(=O)c2cc(I)ccc2N(Cc2ccc(C(=O)O)o2)C(=O)C1c1ccc(Cl)cc1. The fraction of sp³-hybridized carbons (Fsp3) is 0.138. The van der Waals surface area contributed by atoms with Crippen molar-refractivity contribution in [2.45, 2.75) is 25.6 Å². The fourth-order valence-electron chi connectivity index (χ4n) is 4.70. The van der Waals surface area contributed by atoms with Gasteiger partial charge in [-0.15, -0.1) is 0 Å². The number of carboxylic acid groups (broad SMARTS) is 1. The molecule has 2 amide bonds. The minimum atomic E-state index is -1.21. The number of rotatable bonds is 6. The third-order valence-electron chi connectivity index (χ3n) is 6.63. The van der Waals surface area contributed by atoms with Crippen LogP contribution >= 0.6 is 45.8 Å². The van der Waals surface area contributed by atoms with Crippen LogP contribution in [0.4, 0.5) is 5.69 Å². The van der Waals surface area contributed by atoms with E-state index >= 15 is 0 Å². The maximum Gasteiger partial charge on any atom is 0.371 e. The molecule has 1 aromatic heterocycles. The smallest absolute Gasteiger partial charge is 0.371 e. The zero-order valence-electron chi connectivity index (χ0n) is 20.5. The summed E-state index contributed by atoms with van der Waals surface area (Å²) in [4.78, 5) is 43.3. The minimum absolute atomic E-state index is 0.0692. The first-order valence-corrected chi connectivity index (χ1v) is 13.7. The molecule has 3 aromatic carbocycles. The molecule has 4 aromatic rings. The van der Waals surface area contributed by atoms with E-state index < -0.39 is 18.1 Å². The zero-order chi connectivity index (χ0) is 27.8. The van der Waals surface area contributed by atoms with Gasteiger partial charge in [-0.1, -0.05) is 47.5 Å². The number of carboxylic acids is 1. The molecule has 0 spiro atoms. The maximum atomic E-state index is 14.5. The van der Waals surface area contributed by atoms with E-state index in [1.54, 1.807) is 53.4 Å². The molecule has 0 aliphatic carbocycles. The number of nitrogens with zero attached hydrogens (tertiary/aromatic N) is 2. The summed E-state index contributed by atoms with van der Waals surface area (Å²) in [6.07, 6.45) is 0. The first-order valence-electron chi connectivity index (χ1n) is 11.9. The van der Waals surface area contributed by atoms with Crippen molar-refractivity contribution in [2.75, 3.05) is 4.90 Å². The van der Waals surface area contributed by atoms with Gasteiger partial charge in [0.05, 0.1) is 23.8 Å². The Labute approximate surface area is 248 Å². The first-order chi connectivity index (χ1) is 18.6. The summed E-state index contributed by atoms with van der Waals surface area (Å²) >= 11 is 14.4. The van der Waals surface area contributed by atoms with Gasteiger partial charge >= 0.3 is 5.97 Å². The Kier molecular flexibility index (Phi) is 7.70. The van der Waals surface area contributed by atoms with Crippen LogP contribution in [0.15, 0.2) is 83.3 Å². The molecule has 1 aliphatic heterocycles. The largest absolute Gasteiger partial charge is 0.475 e. The molecule has 0 radical (unpaired) electrons. The second kappa shape index (κ2) is 11.0. The van der Waals surface area contributed by atoms with E-state index in [9.17, 15) is 19.5 Å². The molecule has 7 nitrogen and oxygen atoms in total. The third kappa shape index (κ3) is 5.41. The summed E-state index contributed by atoms with van der Waals surface area (Å²) in [7, 11) is 0. The number of carbonyl (C=O) groups is 3. The topological polar surface area (TPSA) is 91.1 Å². The molecule has 1 N–H and O–H groups in total. The number of halogens is 3. The number of aromatic carboxylic acids is 1. The molecular formula is C29H21Cl2IN2O5. The number of amides is 2. The van der Waals surface area contributed by atoms with Crippen molar-refractivity contribution in [1.82, 2.24) is 4.90 Å². The quantitative estimate of drug-likeness (QED) is 0.216. The average molecular weight is 675 g/mol. The van der Waals surface area contributed by atoms with Crippen molar-refractivity contribution in [3.8, 4) is 0 Å². The highest BCUT2D eigenvalue weighted by Crippen LogP contribution is 2.41. The van der Waals surface area contributed by atoms with Crippen LogP contribution < -0.4 is 4.90 Å². The number of furan rings is 1. The molecule has 0 bridgehead atoms. The average Bonchev–Trinajstić information content (AvgIpc) is 3.37. The maximum absolute atomic E-state index is 14.5. The van der Waals surface area contributed by atoms with Crippen LogP contribution in [0, 0.1) is 3.57 Å². The summed E-state index contributed by atoms with van der Waals surface area (Å²) in [6.45, 7) is 1.80. The lowest BCUT2D eigenvalue weighted by atomic mass is 9.98. The van der Waals surface area contributed by atoms with Crippen LogP contribution in [-0.4, -0.2) is 27.8 Å². The molecular weight excluding hydrogens is 654 g/mol. The Morgan fingerprint density at radius 1 is 0.974 bits per heavy atom. The standard InChI is InChI=1S/C29H21Cl2IN2O5/c1-16(17-2-6-19(30)7-3-17)34-26(18-4-8-20(31)9-5-18)28(36)33(15-22-11-13-25(39-22)29(37)38)24-12-10-21(32)14-23(24)27(34)35/h2-14,16,26H,15H2,1H3,(H,37,38). The van der Waals surface area contributed by atoms with Crippen molar-refractivity contribution in [2.24, 2.45) is 0 Å². The Hall–Kier alpha value is -3.34. The van der Waals surface area contributed by atoms with Crippen LogP contribution in [0.1, 0.15) is 56.8 Å². The van der Waals surface area contributed by atoms with Gasteiger partial charge in [0.1, 0.15) is 11.8 Å². The molecule has 2 atom stereocenters. The van der Waals surface area contributed by atoms with Gasteiger partial charge in [0, 0.05) is 13.6 Å². The van der Waals surface area contributed by atoms with Crippen LogP contribution in [0.25, 0.3) is 0 Å². The van der Waals surface area contributed by atoms with Crippen molar-refractivity contribution in [3.05, 3.63) is 121 Å². The summed E-state index contributed by atoms with van der Waals surface area (Å²) < 4.78 is 6.31. The van der Waals surface area contributed by atoms with Crippen molar-refractivity contribution >= 4 is 69.3 Å². The van der Waals surface area contributed by atoms with E-state index in [1.165, 1.54) is 17.0 Å². The van der Waals surface area contributed by atoms with Crippen LogP contribution in [0.5, 0.6) is 0 Å². The Bertz CT molecular complexity index is 1570. The number of carbonyl (C=O) groups excluding carboxylic acids is 2. The number of hydrogen-bond acceptors (Lipinski definition) is 4.